The predicted octanol–water partition coefficient (Wildman–Crippen LogP) is 5.67. The molecule has 1 aliphatic carbocycles. The van der Waals surface area contributed by atoms with Gasteiger partial charge in [0.25, 0.3) is 0 Å². The van der Waals surface area contributed by atoms with Crippen LogP contribution in [0.15, 0.2) is 36.4 Å². The molecular formula is C24H36O3. The van der Waals surface area contributed by atoms with Crippen molar-refractivity contribution < 1.29 is 14.2 Å². The second kappa shape index (κ2) is 11.6. The van der Waals surface area contributed by atoms with E-state index >= 15 is 0 Å². The normalized spacial score (nSPS) is 26.0. The molecule has 0 spiro atoms. The summed E-state index contributed by atoms with van der Waals surface area (Å²) in [5.74, 6) is 1.52. The zero-order valence-corrected chi connectivity index (χ0v) is 16.9. The summed E-state index contributed by atoms with van der Waals surface area (Å²) >= 11 is 0. The molecule has 1 aromatic rings. The van der Waals surface area contributed by atoms with Gasteiger partial charge < -0.3 is 14.2 Å². The van der Waals surface area contributed by atoms with E-state index in [0.717, 1.165) is 44.3 Å². The van der Waals surface area contributed by atoms with Crippen LogP contribution in [0.1, 0.15) is 62.5 Å². The van der Waals surface area contributed by atoms with Gasteiger partial charge >= 0.3 is 0 Å². The van der Waals surface area contributed by atoms with Gasteiger partial charge in [0.1, 0.15) is 0 Å². The summed E-state index contributed by atoms with van der Waals surface area (Å²) in [6.45, 7) is 2.42. The van der Waals surface area contributed by atoms with E-state index < -0.39 is 0 Å². The summed E-state index contributed by atoms with van der Waals surface area (Å²) in [7, 11) is 1.75. The molecular weight excluding hydrogens is 336 g/mol. The van der Waals surface area contributed by atoms with Crippen molar-refractivity contribution in [3.05, 3.63) is 47.5 Å². The Morgan fingerprint density at radius 1 is 1.11 bits per heavy atom. The minimum absolute atomic E-state index is 0.0583. The Morgan fingerprint density at radius 3 is 2.89 bits per heavy atom. The Labute approximate surface area is 165 Å². The molecule has 3 nitrogen and oxygen atoms in total. The van der Waals surface area contributed by atoms with Crippen LogP contribution >= 0.6 is 0 Å². The maximum atomic E-state index is 5.95. The number of rotatable bonds is 10. The molecule has 3 atom stereocenters. The zero-order valence-electron chi connectivity index (χ0n) is 16.9. The summed E-state index contributed by atoms with van der Waals surface area (Å²) in [5.41, 5.74) is 2.66. The average molecular weight is 373 g/mol. The van der Waals surface area contributed by atoms with E-state index in [-0.39, 0.29) is 6.29 Å². The van der Waals surface area contributed by atoms with E-state index in [1.807, 2.05) is 0 Å². The molecule has 0 bridgehead atoms. The smallest absolute Gasteiger partial charge is 0.157 e. The van der Waals surface area contributed by atoms with Gasteiger partial charge in [0.05, 0.1) is 13.2 Å². The molecule has 27 heavy (non-hydrogen) atoms. The van der Waals surface area contributed by atoms with Gasteiger partial charge in [-0.2, -0.15) is 0 Å². The van der Waals surface area contributed by atoms with Crippen molar-refractivity contribution in [1.82, 2.24) is 0 Å². The Bertz CT molecular complexity index is 562. The van der Waals surface area contributed by atoms with E-state index in [2.05, 4.69) is 36.4 Å². The van der Waals surface area contributed by atoms with E-state index in [0.29, 0.717) is 6.61 Å². The highest BCUT2D eigenvalue weighted by molar-refractivity contribution is 5.23. The Morgan fingerprint density at radius 2 is 2.04 bits per heavy atom. The molecule has 1 heterocycles. The van der Waals surface area contributed by atoms with Crippen molar-refractivity contribution in [3.63, 3.8) is 0 Å². The molecule has 0 radical (unpaired) electrons. The quantitative estimate of drug-likeness (QED) is 0.495. The highest BCUT2D eigenvalue weighted by atomic mass is 16.7. The maximum absolute atomic E-state index is 5.95. The highest BCUT2D eigenvalue weighted by Crippen LogP contribution is 2.35. The molecule has 0 amide bonds. The second-order valence-corrected chi connectivity index (χ2v) is 8.03. The van der Waals surface area contributed by atoms with Crippen molar-refractivity contribution in [1.29, 1.82) is 0 Å². The van der Waals surface area contributed by atoms with Crippen molar-refractivity contribution in [2.45, 2.75) is 70.7 Å². The average Bonchev–Trinajstić information content (AvgIpc) is 3.14. The molecule has 2 fully saturated rings. The van der Waals surface area contributed by atoms with Gasteiger partial charge in [0.2, 0.25) is 0 Å². The van der Waals surface area contributed by atoms with Gasteiger partial charge in [-0.15, -0.1) is 0 Å². The fourth-order valence-electron chi connectivity index (χ4n) is 4.43. The summed E-state index contributed by atoms with van der Waals surface area (Å²) in [5, 5.41) is 0. The third kappa shape index (κ3) is 7.06. The molecule has 3 heteroatoms. The lowest BCUT2D eigenvalue weighted by Crippen LogP contribution is -2.23. The molecule has 0 aromatic heterocycles. The SMILES string of the molecule is COCc1cccc(CCC=C[C@H]2CCC[C@@H]2CCOC2CCCCO2)c1. The van der Waals surface area contributed by atoms with Crippen LogP contribution in [-0.2, 0) is 27.2 Å². The molecule has 1 unspecified atom stereocenters. The molecule has 1 aliphatic heterocycles. The van der Waals surface area contributed by atoms with Gasteiger partial charge in [0.15, 0.2) is 6.29 Å². The monoisotopic (exact) mass is 372 g/mol. The molecule has 2 aliphatic rings. The van der Waals surface area contributed by atoms with E-state index in [9.17, 15) is 0 Å². The first-order chi connectivity index (χ1) is 13.3. The van der Waals surface area contributed by atoms with Crippen LogP contribution in [0.5, 0.6) is 0 Å². The van der Waals surface area contributed by atoms with Crippen molar-refractivity contribution in [2.75, 3.05) is 20.3 Å². The first-order valence-electron chi connectivity index (χ1n) is 10.8. The van der Waals surface area contributed by atoms with Crippen molar-refractivity contribution in [3.8, 4) is 0 Å². The van der Waals surface area contributed by atoms with Crippen LogP contribution in [0.4, 0.5) is 0 Å². The summed E-state index contributed by atoms with van der Waals surface area (Å²) in [4.78, 5) is 0. The molecule has 1 aromatic carbocycles. The minimum atomic E-state index is 0.0583. The largest absolute Gasteiger partial charge is 0.380 e. The molecule has 150 valence electrons. The standard InChI is InChI=1S/C24H36O3/c1-25-19-21-10-6-9-20(18-21)8-2-3-11-22-12-7-13-23(22)15-17-27-24-14-4-5-16-26-24/h3,6,9-11,18,22-24H,2,4-5,7-8,12-17,19H2,1H3/t22-,23+,24?/m0/s1. The van der Waals surface area contributed by atoms with Crippen LogP contribution in [0.3, 0.4) is 0 Å². The summed E-state index contributed by atoms with van der Waals surface area (Å²) < 4.78 is 16.8. The predicted molar refractivity (Wildman–Crippen MR) is 110 cm³/mol. The van der Waals surface area contributed by atoms with Crippen LogP contribution in [0, 0.1) is 11.8 Å². The van der Waals surface area contributed by atoms with Gasteiger partial charge in [0, 0.05) is 13.7 Å². The van der Waals surface area contributed by atoms with E-state index in [4.69, 9.17) is 14.2 Å². The van der Waals surface area contributed by atoms with Gasteiger partial charge in [-0.05, 0) is 74.3 Å². The van der Waals surface area contributed by atoms with Crippen molar-refractivity contribution in [2.24, 2.45) is 11.8 Å². The third-order valence-corrected chi connectivity index (χ3v) is 5.93. The lowest BCUT2D eigenvalue weighted by Gasteiger charge is -2.24. The third-order valence-electron chi connectivity index (χ3n) is 5.93. The molecule has 0 N–H and O–H groups in total. The number of benzene rings is 1. The minimum Gasteiger partial charge on any atom is -0.380 e. The topological polar surface area (TPSA) is 27.7 Å². The van der Waals surface area contributed by atoms with Gasteiger partial charge in [-0.1, -0.05) is 42.8 Å². The number of hydrogen-bond donors (Lipinski definition) is 0. The lowest BCUT2D eigenvalue weighted by atomic mass is 9.92. The number of aryl methyl sites for hydroxylation is 1. The Kier molecular flexibility index (Phi) is 8.86. The Hall–Kier alpha value is -1.16. The fraction of sp³-hybridized carbons (Fsp3) is 0.667. The molecule has 1 saturated heterocycles. The van der Waals surface area contributed by atoms with Crippen molar-refractivity contribution >= 4 is 0 Å². The molecule has 1 saturated carbocycles. The second-order valence-electron chi connectivity index (χ2n) is 8.03. The van der Waals surface area contributed by atoms with E-state index in [1.165, 1.54) is 49.7 Å². The number of methoxy groups -OCH3 is 1. The number of ether oxygens (including phenoxy) is 3. The first kappa shape index (κ1) is 20.6. The van der Waals surface area contributed by atoms with Gasteiger partial charge in [-0.25, -0.2) is 0 Å². The van der Waals surface area contributed by atoms with Crippen LogP contribution in [0.25, 0.3) is 0 Å². The fourth-order valence-corrected chi connectivity index (χ4v) is 4.43. The lowest BCUT2D eigenvalue weighted by molar-refractivity contribution is -0.164. The Balaban J connectivity index is 1.36. The number of allylic oxidation sites excluding steroid dienone is 2. The van der Waals surface area contributed by atoms with E-state index in [1.54, 1.807) is 7.11 Å². The maximum Gasteiger partial charge on any atom is 0.157 e. The van der Waals surface area contributed by atoms with Crippen LogP contribution in [0.2, 0.25) is 0 Å². The zero-order chi connectivity index (χ0) is 18.7. The van der Waals surface area contributed by atoms with Crippen LogP contribution in [-0.4, -0.2) is 26.6 Å². The highest BCUT2D eigenvalue weighted by Gasteiger charge is 2.25. The van der Waals surface area contributed by atoms with Gasteiger partial charge in [-0.3, -0.25) is 0 Å². The summed E-state index contributed by atoms with van der Waals surface area (Å²) in [6.07, 6.45) is 15.9. The van der Waals surface area contributed by atoms with Crippen LogP contribution < -0.4 is 0 Å². The summed E-state index contributed by atoms with van der Waals surface area (Å²) in [6, 6.07) is 8.75. The number of hydrogen-bond acceptors (Lipinski definition) is 3. The molecule has 3 rings (SSSR count). The first-order valence-corrected chi connectivity index (χ1v) is 10.8.